The van der Waals surface area contributed by atoms with Gasteiger partial charge in [-0.1, -0.05) is 6.92 Å². The lowest BCUT2D eigenvalue weighted by Gasteiger charge is -2.12. The van der Waals surface area contributed by atoms with Crippen molar-refractivity contribution in [2.24, 2.45) is 5.41 Å². The SMILES string of the molecule is CCNC(=O)c1ccc(NCC2(C)CC2)c([N+](=O)[O-])c1. The zero-order chi connectivity index (χ0) is 14.8. The summed E-state index contributed by atoms with van der Waals surface area (Å²) in [5.41, 5.74) is 0.975. The Kier molecular flexibility index (Phi) is 3.92. The van der Waals surface area contributed by atoms with Crippen molar-refractivity contribution in [1.29, 1.82) is 0 Å². The number of nitro groups is 1. The lowest BCUT2D eigenvalue weighted by atomic mass is 10.1. The number of carbonyl (C=O) groups excluding carboxylic acids is 1. The first kappa shape index (κ1) is 14.3. The maximum absolute atomic E-state index is 11.7. The molecule has 6 heteroatoms. The highest BCUT2D eigenvalue weighted by molar-refractivity contribution is 5.95. The van der Waals surface area contributed by atoms with Gasteiger partial charge >= 0.3 is 0 Å². The van der Waals surface area contributed by atoms with E-state index in [9.17, 15) is 14.9 Å². The molecular weight excluding hydrogens is 258 g/mol. The third kappa shape index (κ3) is 3.26. The van der Waals surface area contributed by atoms with Gasteiger partial charge in [0.15, 0.2) is 0 Å². The van der Waals surface area contributed by atoms with Crippen LogP contribution in [-0.4, -0.2) is 23.9 Å². The van der Waals surface area contributed by atoms with E-state index < -0.39 is 4.92 Å². The van der Waals surface area contributed by atoms with Crippen LogP contribution in [0.3, 0.4) is 0 Å². The van der Waals surface area contributed by atoms with Crippen molar-refractivity contribution < 1.29 is 9.72 Å². The predicted octanol–water partition coefficient (Wildman–Crippen LogP) is 2.56. The smallest absolute Gasteiger partial charge is 0.293 e. The fourth-order valence-electron chi connectivity index (χ4n) is 1.93. The normalized spacial score (nSPS) is 15.5. The summed E-state index contributed by atoms with van der Waals surface area (Å²) in [5, 5.41) is 16.9. The van der Waals surface area contributed by atoms with Gasteiger partial charge in [-0.05, 0) is 37.3 Å². The third-order valence-corrected chi connectivity index (χ3v) is 3.60. The van der Waals surface area contributed by atoms with Crippen LogP contribution in [-0.2, 0) is 0 Å². The molecule has 1 aliphatic carbocycles. The van der Waals surface area contributed by atoms with Crippen LogP contribution in [0.4, 0.5) is 11.4 Å². The number of hydrogen-bond donors (Lipinski definition) is 2. The van der Waals surface area contributed by atoms with Crippen LogP contribution in [0.25, 0.3) is 0 Å². The molecule has 2 N–H and O–H groups in total. The first-order valence-electron chi connectivity index (χ1n) is 6.76. The minimum atomic E-state index is -0.458. The number of rotatable bonds is 6. The lowest BCUT2D eigenvalue weighted by molar-refractivity contribution is -0.384. The van der Waals surface area contributed by atoms with Crippen LogP contribution in [0.15, 0.2) is 18.2 Å². The molecule has 1 amide bonds. The van der Waals surface area contributed by atoms with Crippen molar-refractivity contribution in [3.05, 3.63) is 33.9 Å². The molecule has 0 spiro atoms. The van der Waals surface area contributed by atoms with E-state index in [-0.39, 0.29) is 17.0 Å². The molecular formula is C14H19N3O3. The number of amides is 1. The monoisotopic (exact) mass is 277 g/mol. The molecule has 0 bridgehead atoms. The molecule has 1 aromatic rings. The fraction of sp³-hybridized carbons (Fsp3) is 0.500. The van der Waals surface area contributed by atoms with Crippen molar-refractivity contribution in [3.8, 4) is 0 Å². The van der Waals surface area contributed by atoms with E-state index in [1.165, 1.54) is 6.07 Å². The minimum absolute atomic E-state index is 0.0574. The Bertz CT molecular complexity index is 538. The fourth-order valence-corrected chi connectivity index (χ4v) is 1.93. The van der Waals surface area contributed by atoms with Gasteiger partial charge in [0, 0.05) is 24.7 Å². The molecule has 1 aliphatic rings. The molecule has 1 aromatic carbocycles. The van der Waals surface area contributed by atoms with E-state index in [1.54, 1.807) is 19.1 Å². The molecule has 0 saturated heterocycles. The van der Waals surface area contributed by atoms with Crippen molar-refractivity contribution in [2.75, 3.05) is 18.4 Å². The van der Waals surface area contributed by atoms with E-state index in [4.69, 9.17) is 0 Å². The maximum Gasteiger partial charge on any atom is 0.293 e. The number of hydrogen-bond acceptors (Lipinski definition) is 4. The van der Waals surface area contributed by atoms with Crippen LogP contribution in [0.2, 0.25) is 0 Å². The number of anilines is 1. The average Bonchev–Trinajstić information content (AvgIpc) is 3.15. The average molecular weight is 277 g/mol. The molecule has 0 radical (unpaired) electrons. The highest BCUT2D eigenvalue weighted by atomic mass is 16.6. The van der Waals surface area contributed by atoms with Crippen LogP contribution >= 0.6 is 0 Å². The van der Waals surface area contributed by atoms with Crippen LogP contribution < -0.4 is 10.6 Å². The number of benzene rings is 1. The summed E-state index contributed by atoms with van der Waals surface area (Å²) in [4.78, 5) is 22.4. The second-order valence-electron chi connectivity index (χ2n) is 5.51. The summed E-state index contributed by atoms with van der Waals surface area (Å²) in [5.74, 6) is -0.295. The van der Waals surface area contributed by atoms with E-state index in [2.05, 4.69) is 17.6 Å². The highest BCUT2D eigenvalue weighted by Crippen LogP contribution is 2.45. The number of carbonyl (C=O) groups is 1. The molecule has 0 aromatic heterocycles. The number of nitrogens with zero attached hydrogens (tertiary/aromatic N) is 1. The van der Waals surface area contributed by atoms with Gasteiger partial charge < -0.3 is 10.6 Å². The third-order valence-electron chi connectivity index (χ3n) is 3.60. The predicted molar refractivity (Wildman–Crippen MR) is 76.9 cm³/mol. The minimum Gasteiger partial charge on any atom is -0.379 e. The Morgan fingerprint density at radius 3 is 2.70 bits per heavy atom. The van der Waals surface area contributed by atoms with Crippen molar-refractivity contribution in [2.45, 2.75) is 26.7 Å². The second kappa shape index (κ2) is 5.48. The second-order valence-corrected chi connectivity index (χ2v) is 5.51. The van der Waals surface area contributed by atoms with Gasteiger partial charge in [-0.3, -0.25) is 14.9 Å². The molecule has 20 heavy (non-hydrogen) atoms. The summed E-state index contributed by atoms with van der Waals surface area (Å²) in [7, 11) is 0. The summed E-state index contributed by atoms with van der Waals surface area (Å²) in [6, 6.07) is 4.53. The molecule has 0 heterocycles. The molecule has 108 valence electrons. The van der Waals surface area contributed by atoms with Crippen LogP contribution in [0.1, 0.15) is 37.0 Å². The topological polar surface area (TPSA) is 84.3 Å². The van der Waals surface area contributed by atoms with E-state index in [0.717, 1.165) is 12.8 Å². The number of nitrogens with one attached hydrogen (secondary N) is 2. The van der Waals surface area contributed by atoms with Crippen molar-refractivity contribution >= 4 is 17.3 Å². The Balaban J connectivity index is 2.19. The molecule has 0 atom stereocenters. The van der Waals surface area contributed by atoms with E-state index >= 15 is 0 Å². The summed E-state index contributed by atoms with van der Waals surface area (Å²) in [6.45, 7) is 5.16. The highest BCUT2D eigenvalue weighted by Gasteiger charge is 2.37. The zero-order valence-electron chi connectivity index (χ0n) is 11.7. The Hall–Kier alpha value is -2.11. The molecule has 0 unspecified atom stereocenters. The van der Waals surface area contributed by atoms with Gasteiger partial charge in [0.2, 0.25) is 0 Å². The largest absolute Gasteiger partial charge is 0.379 e. The molecule has 1 fully saturated rings. The molecule has 1 saturated carbocycles. The molecule has 0 aliphatic heterocycles. The summed E-state index contributed by atoms with van der Waals surface area (Å²) >= 11 is 0. The lowest BCUT2D eigenvalue weighted by Crippen LogP contribution is -2.22. The van der Waals surface area contributed by atoms with Gasteiger partial charge in [0.25, 0.3) is 11.6 Å². The van der Waals surface area contributed by atoms with Crippen LogP contribution in [0, 0.1) is 15.5 Å². The van der Waals surface area contributed by atoms with Gasteiger partial charge in [0.05, 0.1) is 4.92 Å². The number of nitro benzene ring substituents is 1. The van der Waals surface area contributed by atoms with E-state index in [1.807, 2.05) is 0 Å². The van der Waals surface area contributed by atoms with Gasteiger partial charge in [-0.25, -0.2) is 0 Å². The maximum atomic E-state index is 11.7. The quantitative estimate of drug-likeness (QED) is 0.618. The van der Waals surface area contributed by atoms with Gasteiger partial charge in [0.1, 0.15) is 5.69 Å². The Morgan fingerprint density at radius 1 is 1.45 bits per heavy atom. The first-order chi connectivity index (χ1) is 9.45. The van der Waals surface area contributed by atoms with Gasteiger partial charge in [-0.2, -0.15) is 0 Å². The molecule has 2 rings (SSSR count). The van der Waals surface area contributed by atoms with Gasteiger partial charge in [-0.15, -0.1) is 0 Å². The Morgan fingerprint density at radius 2 is 2.15 bits per heavy atom. The Labute approximate surface area is 117 Å². The first-order valence-corrected chi connectivity index (χ1v) is 6.76. The zero-order valence-corrected chi connectivity index (χ0v) is 11.7. The van der Waals surface area contributed by atoms with E-state index in [0.29, 0.717) is 24.3 Å². The van der Waals surface area contributed by atoms with Crippen LogP contribution in [0.5, 0.6) is 0 Å². The standard InChI is InChI=1S/C14H19N3O3/c1-3-15-13(18)10-4-5-11(12(8-10)17(19)20)16-9-14(2)6-7-14/h4-5,8,16H,3,6-7,9H2,1-2H3,(H,15,18). The van der Waals surface area contributed by atoms with Crippen molar-refractivity contribution in [1.82, 2.24) is 5.32 Å². The molecule has 6 nitrogen and oxygen atoms in total. The summed E-state index contributed by atoms with van der Waals surface area (Å²) in [6.07, 6.45) is 2.29. The summed E-state index contributed by atoms with van der Waals surface area (Å²) < 4.78 is 0. The van der Waals surface area contributed by atoms with Crippen molar-refractivity contribution in [3.63, 3.8) is 0 Å².